The number of sulfone groups is 1. The average Bonchev–Trinajstić information content (AvgIpc) is 3.23. The number of nitrogens with zero attached hydrogens (tertiary/aromatic N) is 2. The van der Waals surface area contributed by atoms with Crippen LogP contribution in [0.1, 0.15) is 11.3 Å². The van der Waals surface area contributed by atoms with Crippen molar-refractivity contribution < 1.29 is 26.3 Å². The van der Waals surface area contributed by atoms with Crippen molar-refractivity contribution in [3.63, 3.8) is 0 Å². The fraction of sp³-hybridized carbons (Fsp3) is 0.429. The molecular formula is C21H24F3N3O3S2. The molecule has 0 aliphatic carbocycles. The molecule has 1 aromatic carbocycles. The second-order valence-electron chi connectivity index (χ2n) is 7.40. The second kappa shape index (κ2) is 10.2. The highest BCUT2D eigenvalue weighted by Gasteiger charge is 2.35. The minimum absolute atomic E-state index is 0.170. The van der Waals surface area contributed by atoms with Crippen molar-refractivity contribution >= 4 is 32.6 Å². The van der Waals surface area contributed by atoms with Gasteiger partial charge in [-0.2, -0.15) is 13.2 Å². The predicted octanol–water partition coefficient (Wildman–Crippen LogP) is 3.91. The van der Waals surface area contributed by atoms with E-state index < -0.39 is 28.1 Å². The molecule has 0 bridgehead atoms. The Morgan fingerprint density at radius 3 is 2.59 bits per heavy atom. The van der Waals surface area contributed by atoms with Gasteiger partial charge in [-0.1, -0.05) is 12.1 Å². The van der Waals surface area contributed by atoms with Crippen molar-refractivity contribution in [3.05, 3.63) is 41.3 Å². The Bertz CT molecular complexity index is 1090. The largest absolute Gasteiger partial charge is 0.429 e. The lowest BCUT2D eigenvalue weighted by molar-refractivity contribution is -0.0605. The van der Waals surface area contributed by atoms with Gasteiger partial charge < -0.3 is 10.1 Å². The van der Waals surface area contributed by atoms with E-state index >= 15 is 0 Å². The lowest BCUT2D eigenvalue weighted by atomic mass is 10.1. The van der Waals surface area contributed by atoms with Gasteiger partial charge in [0.05, 0.1) is 30.4 Å². The van der Waals surface area contributed by atoms with Crippen molar-refractivity contribution in [2.24, 2.45) is 4.99 Å². The first kappa shape index (κ1) is 24.6. The SMILES string of the molecule is CS(=O)(=O)c1cccc(-c2ccc(C(CC(=N)C(F)(F)F)=NCCN3CCOCC3)s2)c1. The maximum Gasteiger partial charge on any atom is 0.429 e. The zero-order valence-corrected chi connectivity index (χ0v) is 19.1. The van der Waals surface area contributed by atoms with Gasteiger partial charge in [0.25, 0.3) is 0 Å². The number of aliphatic imine (C=N–C) groups is 1. The lowest BCUT2D eigenvalue weighted by Gasteiger charge is -2.25. The summed E-state index contributed by atoms with van der Waals surface area (Å²) < 4.78 is 68.0. The third-order valence-corrected chi connectivity index (χ3v) is 7.24. The summed E-state index contributed by atoms with van der Waals surface area (Å²) in [7, 11) is -3.38. The molecule has 3 rings (SSSR count). The quantitative estimate of drug-likeness (QED) is 0.573. The van der Waals surface area contributed by atoms with Crippen LogP contribution in [0.4, 0.5) is 13.2 Å². The summed E-state index contributed by atoms with van der Waals surface area (Å²) in [5.41, 5.74) is -0.490. The van der Waals surface area contributed by atoms with E-state index in [9.17, 15) is 21.6 Å². The molecule has 1 aliphatic heterocycles. The summed E-state index contributed by atoms with van der Waals surface area (Å²) >= 11 is 1.23. The minimum atomic E-state index is -4.71. The first-order chi connectivity index (χ1) is 15.0. The van der Waals surface area contributed by atoms with Crippen molar-refractivity contribution in [3.8, 4) is 10.4 Å². The van der Waals surface area contributed by atoms with E-state index in [0.717, 1.165) is 19.3 Å². The standard InChI is InChI=1S/C21H24F3N3O3S2/c1-32(28,29)16-4-2-3-15(13-16)18-5-6-19(31-18)17(14-20(25)21(22,23)24)26-7-8-27-9-11-30-12-10-27/h2-6,13,25H,7-12,14H2,1H3. The third kappa shape index (κ3) is 6.71. The molecule has 0 amide bonds. The number of thiophene rings is 1. The monoisotopic (exact) mass is 487 g/mol. The predicted molar refractivity (Wildman–Crippen MR) is 120 cm³/mol. The van der Waals surface area contributed by atoms with E-state index in [4.69, 9.17) is 10.1 Å². The Balaban J connectivity index is 1.84. The Morgan fingerprint density at radius 1 is 1.22 bits per heavy atom. The third-order valence-electron chi connectivity index (χ3n) is 4.95. The van der Waals surface area contributed by atoms with E-state index in [1.54, 1.807) is 24.3 Å². The molecule has 2 aromatic rings. The summed E-state index contributed by atoms with van der Waals surface area (Å²) in [6, 6.07) is 9.81. The van der Waals surface area contributed by atoms with Gasteiger partial charge in [0, 0.05) is 42.1 Å². The molecular weight excluding hydrogens is 463 g/mol. The summed E-state index contributed by atoms with van der Waals surface area (Å²) in [5.74, 6) is 0. The highest BCUT2D eigenvalue weighted by atomic mass is 32.2. The molecule has 2 heterocycles. The van der Waals surface area contributed by atoms with Crippen LogP contribution in [-0.4, -0.2) is 76.6 Å². The lowest BCUT2D eigenvalue weighted by Crippen LogP contribution is -2.37. The van der Waals surface area contributed by atoms with Gasteiger partial charge in [-0.25, -0.2) is 8.42 Å². The van der Waals surface area contributed by atoms with Crippen LogP contribution in [0.25, 0.3) is 10.4 Å². The average molecular weight is 488 g/mol. The van der Waals surface area contributed by atoms with E-state index in [-0.39, 0.29) is 10.6 Å². The number of rotatable bonds is 8. The summed E-state index contributed by atoms with van der Waals surface area (Å²) in [6.45, 7) is 3.66. The van der Waals surface area contributed by atoms with Gasteiger partial charge in [-0.3, -0.25) is 9.89 Å². The Hall–Kier alpha value is -2.08. The van der Waals surface area contributed by atoms with Crippen LogP contribution in [0.15, 0.2) is 46.3 Å². The van der Waals surface area contributed by atoms with Crippen LogP contribution in [-0.2, 0) is 14.6 Å². The molecule has 1 N–H and O–H groups in total. The fourth-order valence-electron chi connectivity index (χ4n) is 3.17. The van der Waals surface area contributed by atoms with Gasteiger partial charge in [-0.05, 0) is 29.8 Å². The van der Waals surface area contributed by atoms with Gasteiger partial charge in [-0.15, -0.1) is 11.3 Å². The molecule has 0 saturated carbocycles. The molecule has 0 atom stereocenters. The van der Waals surface area contributed by atoms with E-state index in [1.807, 2.05) is 0 Å². The highest BCUT2D eigenvalue weighted by molar-refractivity contribution is 7.90. The molecule has 0 radical (unpaired) electrons. The van der Waals surface area contributed by atoms with Crippen molar-refractivity contribution in [1.29, 1.82) is 5.41 Å². The van der Waals surface area contributed by atoms with Gasteiger partial charge in [0.15, 0.2) is 9.84 Å². The normalized spacial score (nSPS) is 16.3. The van der Waals surface area contributed by atoms with E-state index in [2.05, 4.69) is 9.89 Å². The molecule has 1 aliphatic rings. The maximum absolute atomic E-state index is 13.0. The molecule has 6 nitrogen and oxygen atoms in total. The maximum atomic E-state index is 13.0. The number of alkyl halides is 3. The van der Waals surface area contributed by atoms with Crippen LogP contribution in [0.2, 0.25) is 0 Å². The van der Waals surface area contributed by atoms with E-state index in [0.29, 0.717) is 41.6 Å². The molecule has 11 heteroatoms. The number of morpholine rings is 1. The topological polar surface area (TPSA) is 82.8 Å². The number of ether oxygens (including phenoxy) is 1. The smallest absolute Gasteiger partial charge is 0.379 e. The van der Waals surface area contributed by atoms with Crippen LogP contribution in [0, 0.1) is 5.41 Å². The summed E-state index contributed by atoms with van der Waals surface area (Å²) in [4.78, 5) is 7.96. The van der Waals surface area contributed by atoms with Crippen LogP contribution >= 0.6 is 11.3 Å². The Labute approximate surface area is 189 Å². The fourth-order valence-corrected chi connectivity index (χ4v) is 4.84. The van der Waals surface area contributed by atoms with Gasteiger partial charge >= 0.3 is 6.18 Å². The molecule has 1 aromatic heterocycles. The minimum Gasteiger partial charge on any atom is -0.379 e. The number of hydrogen-bond acceptors (Lipinski definition) is 7. The number of nitrogens with one attached hydrogen (secondary N) is 1. The summed E-state index contributed by atoms with van der Waals surface area (Å²) in [5, 5.41) is 7.42. The Kier molecular flexibility index (Phi) is 7.86. The zero-order valence-electron chi connectivity index (χ0n) is 17.5. The first-order valence-corrected chi connectivity index (χ1v) is 12.6. The van der Waals surface area contributed by atoms with Gasteiger partial charge in [0.2, 0.25) is 0 Å². The van der Waals surface area contributed by atoms with Crippen molar-refractivity contribution in [2.75, 3.05) is 45.6 Å². The molecule has 32 heavy (non-hydrogen) atoms. The van der Waals surface area contributed by atoms with Crippen LogP contribution in [0.3, 0.4) is 0 Å². The van der Waals surface area contributed by atoms with Crippen molar-refractivity contribution in [1.82, 2.24) is 4.90 Å². The van der Waals surface area contributed by atoms with Gasteiger partial charge in [0.1, 0.15) is 5.71 Å². The van der Waals surface area contributed by atoms with Crippen LogP contribution < -0.4 is 0 Å². The number of hydrogen-bond donors (Lipinski definition) is 1. The highest BCUT2D eigenvalue weighted by Crippen LogP contribution is 2.31. The van der Waals surface area contributed by atoms with E-state index in [1.165, 1.54) is 23.5 Å². The second-order valence-corrected chi connectivity index (χ2v) is 10.5. The molecule has 0 spiro atoms. The molecule has 1 saturated heterocycles. The Morgan fingerprint density at radius 2 is 1.94 bits per heavy atom. The number of halogens is 3. The molecule has 1 fully saturated rings. The summed E-state index contributed by atoms with van der Waals surface area (Å²) in [6.07, 6.45) is -4.21. The first-order valence-electron chi connectivity index (χ1n) is 9.93. The molecule has 0 unspecified atom stereocenters. The van der Waals surface area contributed by atoms with Crippen LogP contribution in [0.5, 0.6) is 0 Å². The molecule has 174 valence electrons. The van der Waals surface area contributed by atoms with Crippen molar-refractivity contribution in [2.45, 2.75) is 17.5 Å². The zero-order chi connectivity index (χ0) is 23.4. The number of benzene rings is 1.